The molecule has 0 bridgehead atoms. The first-order valence-electron chi connectivity index (χ1n) is 6.60. The summed E-state index contributed by atoms with van der Waals surface area (Å²) in [4.78, 5) is 25.6. The van der Waals surface area contributed by atoms with E-state index in [-0.39, 0.29) is 17.7 Å². The fraction of sp³-hybridized carbons (Fsp3) is 0.615. The van der Waals surface area contributed by atoms with Crippen LogP contribution in [0.4, 0.5) is 5.82 Å². The topological polar surface area (TPSA) is 66.1 Å². The van der Waals surface area contributed by atoms with Gasteiger partial charge in [0.15, 0.2) is 5.82 Å². The number of aromatic amines is 1. The molecular formula is C13H19N3O2. The molecule has 0 radical (unpaired) electrons. The Morgan fingerprint density at radius 2 is 2.11 bits per heavy atom. The molecule has 0 saturated heterocycles. The lowest BCUT2D eigenvalue weighted by atomic mass is 9.88. The minimum Gasteiger partial charge on any atom is -0.284 e. The number of hydrogen-bond acceptors (Lipinski definition) is 3. The Kier molecular flexibility index (Phi) is 4.12. The average molecular weight is 249 g/mol. The molecule has 1 saturated carbocycles. The highest BCUT2D eigenvalue weighted by Crippen LogP contribution is 2.27. The number of imide groups is 1. The third-order valence-corrected chi connectivity index (χ3v) is 3.44. The second kappa shape index (κ2) is 5.80. The van der Waals surface area contributed by atoms with Gasteiger partial charge in [-0.05, 0) is 12.8 Å². The first-order chi connectivity index (χ1) is 8.74. The second-order valence-corrected chi connectivity index (χ2v) is 4.69. The average Bonchev–Trinajstić information content (AvgIpc) is 2.93. The van der Waals surface area contributed by atoms with Crippen molar-refractivity contribution in [3.63, 3.8) is 0 Å². The van der Waals surface area contributed by atoms with Crippen LogP contribution in [-0.4, -0.2) is 22.0 Å². The number of nitrogens with one attached hydrogen (secondary N) is 1. The first-order valence-corrected chi connectivity index (χ1v) is 6.60. The van der Waals surface area contributed by atoms with E-state index in [0.717, 1.165) is 25.7 Å². The van der Waals surface area contributed by atoms with Gasteiger partial charge in [-0.2, -0.15) is 5.10 Å². The quantitative estimate of drug-likeness (QED) is 0.893. The highest BCUT2D eigenvalue weighted by molar-refractivity contribution is 6.14. The lowest BCUT2D eigenvalue weighted by Gasteiger charge is -2.26. The zero-order valence-electron chi connectivity index (χ0n) is 10.7. The Morgan fingerprint density at radius 3 is 2.67 bits per heavy atom. The molecular weight excluding hydrogens is 230 g/mol. The zero-order chi connectivity index (χ0) is 13.0. The van der Waals surface area contributed by atoms with Crippen molar-refractivity contribution in [1.82, 2.24) is 10.2 Å². The molecule has 18 heavy (non-hydrogen) atoms. The molecule has 1 N–H and O–H groups in total. The van der Waals surface area contributed by atoms with Crippen molar-refractivity contribution in [3.8, 4) is 0 Å². The SMILES string of the molecule is CCC(=O)N(C(=O)C1CCCCC1)c1cc[nH]n1. The molecule has 1 aromatic rings. The van der Waals surface area contributed by atoms with Gasteiger partial charge < -0.3 is 0 Å². The van der Waals surface area contributed by atoms with Crippen molar-refractivity contribution in [2.45, 2.75) is 45.4 Å². The summed E-state index contributed by atoms with van der Waals surface area (Å²) in [7, 11) is 0. The number of carbonyl (C=O) groups is 2. The number of rotatable bonds is 3. The van der Waals surface area contributed by atoms with Crippen molar-refractivity contribution in [3.05, 3.63) is 12.3 Å². The molecule has 5 nitrogen and oxygen atoms in total. The number of nitrogens with zero attached hydrogens (tertiary/aromatic N) is 2. The molecule has 0 aromatic carbocycles. The van der Waals surface area contributed by atoms with E-state index in [4.69, 9.17) is 0 Å². The molecule has 0 unspecified atom stereocenters. The molecule has 1 heterocycles. The van der Waals surface area contributed by atoms with E-state index in [9.17, 15) is 9.59 Å². The molecule has 98 valence electrons. The number of carbonyl (C=O) groups excluding carboxylic acids is 2. The molecule has 1 aliphatic carbocycles. The van der Waals surface area contributed by atoms with Crippen LogP contribution in [0.15, 0.2) is 12.3 Å². The maximum Gasteiger partial charge on any atom is 0.238 e. The van der Waals surface area contributed by atoms with Gasteiger partial charge in [-0.15, -0.1) is 0 Å². The molecule has 0 spiro atoms. The van der Waals surface area contributed by atoms with E-state index in [1.165, 1.54) is 11.3 Å². The number of hydrogen-bond donors (Lipinski definition) is 1. The van der Waals surface area contributed by atoms with Crippen molar-refractivity contribution < 1.29 is 9.59 Å². The normalized spacial score (nSPS) is 16.5. The number of H-pyrrole nitrogens is 1. The largest absolute Gasteiger partial charge is 0.284 e. The molecule has 2 rings (SSSR count). The predicted octanol–water partition coefficient (Wildman–Crippen LogP) is 2.26. The van der Waals surface area contributed by atoms with Crippen LogP contribution in [0, 0.1) is 5.92 Å². The van der Waals surface area contributed by atoms with Crippen LogP contribution in [-0.2, 0) is 9.59 Å². The van der Waals surface area contributed by atoms with E-state index in [1.807, 2.05) is 0 Å². The number of amides is 2. The van der Waals surface area contributed by atoms with Crippen LogP contribution < -0.4 is 4.90 Å². The van der Waals surface area contributed by atoms with Gasteiger partial charge in [-0.3, -0.25) is 14.7 Å². The summed E-state index contributed by atoms with van der Waals surface area (Å²) in [5.74, 6) is 0.120. The van der Waals surface area contributed by atoms with Crippen LogP contribution in [0.2, 0.25) is 0 Å². The Morgan fingerprint density at radius 1 is 1.39 bits per heavy atom. The van der Waals surface area contributed by atoms with Crippen molar-refractivity contribution in [2.75, 3.05) is 4.90 Å². The molecule has 0 atom stereocenters. The van der Waals surface area contributed by atoms with Crippen LogP contribution >= 0.6 is 0 Å². The third kappa shape index (κ3) is 2.60. The van der Waals surface area contributed by atoms with Gasteiger partial charge in [-0.25, -0.2) is 4.90 Å². The molecule has 1 fully saturated rings. The molecule has 0 aliphatic heterocycles. The van der Waals surface area contributed by atoms with Crippen LogP contribution in [0.1, 0.15) is 45.4 Å². The lowest BCUT2D eigenvalue weighted by Crippen LogP contribution is -2.41. The van der Waals surface area contributed by atoms with Gasteiger partial charge >= 0.3 is 0 Å². The standard InChI is InChI=1S/C13H19N3O2/c1-2-12(17)16(11-8-9-14-15-11)13(18)10-6-4-3-5-7-10/h8-10H,2-7H2,1H3,(H,14,15). The first kappa shape index (κ1) is 12.8. The minimum absolute atomic E-state index is 0.0223. The minimum atomic E-state index is -0.183. The summed E-state index contributed by atoms with van der Waals surface area (Å²) in [6.07, 6.45) is 7.04. The molecule has 2 amide bonds. The van der Waals surface area contributed by atoms with E-state index in [2.05, 4.69) is 10.2 Å². The second-order valence-electron chi connectivity index (χ2n) is 4.69. The highest BCUT2D eigenvalue weighted by atomic mass is 16.2. The molecule has 5 heteroatoms. The van der Waals surface area contributed by atoms with E-state index in [0.29, 0.717) is 12.2 Å². The lowest BCUT2D eigenvalue weighted by molar-refractivity contribution is -0.129. The van der Waals surface area contributed by atoms with Crippen LogP contribution in [0.25, 0.3) is 0 Å². The number of anilines is 1. The monoisotopic (exact) mass is 249 g/mol. The van der Waals surface area contributed by atoms with Gasteiger partial charge in [0.05, 0.1) is 0 Å². The summed E-state index contributed by atoms with van der Waals surface area (Å²) in [6, 6.07) is 1.66. The number of aromatic nitrogens is 2. The third-order valence-electron chi connectivity index (χ3n) is 3.44. The van der Waals surface area contributed by atoms with Gasteiger partial charge in [0.25, 0.3) is 0 Å². The van der Waals surface area contributed by atoms with Crippen molar-refractivity contribution in [1.29, 1.82) is 0 Å². The predicted molar refractivity (Wildman–Crippen MR) is 67.9 cm³/mol. The zero-order valence-corrected chi connectivity index (χ0v) is 10.7. The summed E-state index contributed by atoms with van der Waals surface area (Å²) in [6.45, 7) is 1.76. The van der Waals surface area contributed by atoms with Gasteiger partial charge in [-0.1, -0.05) is 26.2 Å². The van der Waals surface area contributed by atoms with Gasteiger partial charge in [0, 0.05) is 24.6 Å². The molecule has 1 aromatic heterocycles. The maximum atomic E-state index is 12.4. The summed E-state index contributed by atoms with van der Waals surface area (Å²) in [5, 5.41) is 6.61. The Hall–Kier alpha value is -1.65. The highest BCUT2D eigenvalue weighted by Gasteiger charge is 2.31. The Bertz CT molecular complexity index is 408. The fourth-order valence-electron chi connectivity index (χ4n) is 2.43. The van der Waals surface area contributed by atoms with E-state index in [1.54, 1.807) is 19.2 Å². The van der Waals surface area contributed by atoms with Gasteiger partial charge in [0.1, 0.15) is 0 Å². The summed E-state index contributed by atoms with van der Waals surface area (Å²) < 4.78 is 0. The van der Waals surface area contributed by atoms with Crippen molar-refractivity contribution >= 4 is 17.6 Å². The smallest absolute Gasteiger partial charge is 0.238 e. The van der Waals surface area contributed by atoms with Gasteiger partial charge in [0.2, 0.25) is 11.8 Å². The van der Waals surface area contributed by atoms with Crippen molar-refractivity contribution in [2.24, 2.45) is 5.92 Å². The summed E-state index contributed by atoms with van der Waals surface area (Å²) >= 11 is 0. The van der Waals surface area contributed by atoms with Crippen LogP contribution in [0.5, 0.6) is 0 Å². The maximum absolute atomic E-state index is 12.4. The summed E-state index contributed by atoms with van der Waals surface area (Å²) in [5.41, 5.74) is 0. The van der Waals surface area contributed by atoms with E-state index >= 15 is 0 Å². The van der Waals surface area contributed by atoms with Crippen LogP contribution in [0.3, 0.4) is 0 Å². The molecule has 1 aliphatic rings. The fourth-order valence-corrected chi connectivity index (χ4v) is 2.43. The van der Waals surface area contributed by atoms with E-state index < -0.39 is 0 Å². The Labute approximate surface area is 107 Å². The Balaban J connectivity index is 2.18.